The molecule has 0 unspecified atom stereocenters. The highest BCUT2D eigenvalue weighted by atomic mass is 32.2. The van der Waals surface area contributed by atoms with E-state index in [4.69, 9.17) is 18.9 Å². The number of rotatable bonds is 10. The van der Waals surface area contributed by atoms with Gasteiger partial charge in [-0.05, 0) is 47.9 Å². The van der Waals surface area contributed by atoms with Crippen LogP contribution in [0.15, 0.2) is 65.6 Å². The van der Waals surface area contributed by atoms with Gasteiger partial charge in [-0.2, -0.15) is 0 Å². The van der Waals surface area contributed by atoms with Gasteiger partial charge in [-0.25, -0.2) is 8.42 Å². The van der Waals surface area contributed by atoms with Crippen molar-refractivity contribution in [3.63, 3.8) is 0 Å². The first-order chi connectivity index (χ1) is 16.7. The van der Waals surface area contributed by atoms with Gasteiger partial charge in [-0.1, -0.05) is 35.2 Å². The number of benzene rings is 3. The van der Waals surface area contributed by atoms with Crippen molar-refractivity contribution in [2.75, 3.05) is 28.4 Å². The Balaban J connectivity index is 1.92. The second kappa shape index (κ2) is 11.1. The summed E-state index contributed by atoms with van der Waals surface area (Å²) in [6, 6.07) is 16.2. The zero-order valence-corrected chi connectivity index (χ0v) is 20.5. The lowest BCUT2D eigenvalue weighted by Crippen LogP contribution is -2.44. The average molecular weight is 503 g/mol. The normalized spacial score (nSPS) is 11.0. The SMILES string of the molecule is COc1ccc(S(=O)(=O)NN(O)C(=O)c2cc(OC)c(OC)c(OC)c2)c(Cc2ccccc2)c1. The monoisotopic (exact) mass is 502 g/mol. The van der Waals surface area contributed by atoms with Crippen LogP contribution in [0.2, 0.25) is 0 Å². The number of hydroxylamine groups is 1. The quantitative estimate of drug-likeness (QED) is 0.320. The molecule has 0 saturated heterocycles. The summed E-state index contributed by atoms with van der Waals surface area (Å²) in [5.74, 6) is -0.0471. The fraction of sp³-hybridized carbons (Fsp3) is 0.208. The Labute approximate surface area is 203 Å². The van der Waals surface area contributed by atoms with Crippen LogP contribution in [0.25, 0.3) is 0 Å². The topological polar surface area (TPSA) is 124 Å². The van der Waals surface area contributed by atoms with Crippen LogP contribution in [-0.4, -0.2) is 53.1 Å². The van der Waals surface area contributed by atoms with Crippen LogP contribution < -0.4 is 23.8 Å². The molecule has 0 fully saturated rings. The van der Waals surface area contributed by atoms with Crippen LogP contribution in [0, 0.1) is 0 Å². The molecular formula is C24H26N2O8S. The number of amides is 1. The van der Waals surface area contributed by atoms with Crippen molar-refractivity contribution in [2.45, 2.75) is 11.3 Å². The van der Waals surface area contributed by atoms with Gasteiger partial charge in [0.2, 0.25) is 5.75 Å². The molecule has 186 valence electrons. The second-order valence-electron chi connectivity index (χ2n) is 7.26. The Morgan fingerprint density at radius 3 is 2.06 bits per heavy atom. The Kier molecular flexibility index (Phi) is 8.18. The molecule has 0 aliphatic heterocycles. The summed E-state index contributed by atoms with van der Waals surface area (Å²) in [4.78, 5) is 14.6. The number of hydrazine groups is 1. The molecule has 3 aromatic rings. The molecule has 1 amide bonds. The van der Waals surface area contributed by atoms with Crippen LogP contribution in [-0.2, 0) is 16.4 Å². The molecule has 2 N–H and O–H groups in total. The van der Waals surface area contributed by atoms with Gasteiger partial charge in [-0.3, -0.25) is 10.0 Å². The van der Waals surface area contributed by atoms with Crippen molar-refractivity contribution in [3.8, 4) is 23.0 Å². The van der Waals surface area contributed by atoms with Gasteiger partial charge in [0.25, 0.3) is 15.9 Å². The molecule has 0 aromatic heterocycles. The molecule has 0 saturated carbocycles. The number of methoxy groups -OCH3 is 4. The minimum absolute atomic E-state index is 0.105. The minimum Gasteiger partial charge on any atom is -0.497 e. The zero-order chi connectivity index (χ0) is 25.6. The Hall–Kier alpha value is -3.80. The minimum atomic E-state index is -4.37. The molecule has 0 aliphatic rings. The molecule has 0 heterocycles. The average Bonchev–Trinajstić information content (AvgIpc) is 2.87. The van der Waals surface area contributed by atoms with E-state index in [0.717, 1.165) is 5.56 Å². The lowest BCUT2D eigenvalue weighted by atomic mass is 10.0. The Morgan fingerprint density at radius 2 is 1.51 bits per heavy atom. The van der Waals surface area contributed by atoms with Crippen LogP contribution in [0.3, 0.4) is 0 Å². The first-order valence-electron chi connectivity index (χ1n) is 10.3. The molecule has 0 spiro atoms. The molecule has 0 aliphatic carbocycles. The van der Waals surface area contributed by atoms with E-state index in [-0.39, 0.29) is 39.3 Å². The zero-order valence-electron chi connectivity index (χ0n) is 19.6. The van der Waals surface area contributed by atoms with Crippen molar-refractivity contribution < 1.29 is 37.4 Å². The van der Waals surface area contributed by atoms with Gasteiger partial charge in [-0.15, -0.1) is 5.17 Å². The predicted molar refractivity (Wildman–Crippen MR) is 127 cm³/mol. The van der Waals surface area contributed by atoms with Crippen LogP contribution >= 0.6 is 0 Å². The van der Waals surface area contributed by atoms with Crippen molar-refractivity contribution in [3.05, 3.63) is 77.4 Å². The Bertz CT molecular complexity index is 1270. The third kappa shape index (κ3) is 5.83. The fourth-order valence-corrected chi connectivity index (χ4v) is 4.56. The van der Waals surface area contributed by atoms with E-state index < -0.39 is 15.9 Å². The van der Waals surface area contributed by atoms with Crippen molar-refractivity contribution in [1.29, 1.82) is 0 Å². The van der Waals surface area contributed by atoms with E-state index >= 15 is 0 Å². The highest BCUT2D eigenvalue weighted by Crippen LogP contribution is 2.38. The van der Waals surface area contributed by atoms with Gasteiger partial charge >= 0.3 is 0 Å². The smallest absolute Gasteiger partial charge is 0.293 e. The first kappa shape index (κ1) is 25.8. The molecule has 0 bridgehead atoms. The van der Waals surface area contributed by atoms with Gasteiger partial charge in [0, 0.05) is 0 Å². The summed E-state index contributed by atoms with van der Waals surface area (Å²) in [6.07, 6.45) is 0.278. The summed E-state index contributed by atoms with van der Waals surface area (Å²) < 4.78 is 47.2. The Morgan fingerprint density at radius 1 is 0.886 bits per heavy atom. The molecule has 0 radical (unpaired) electrons. The maximum Gasteiger partial charge on any atom is 0.293 e. The van der Waals surface area contributed by atoms with Gasteiger partial charge in [0.05, 0.1) is 38.9 Å². The third-order valence-corrected chi connectivity index (χ3v) is 6.50. The van der Waals surface area contributed by atoms with Gasteiger partial charge < -0.3 is 18.9 Å². The molecule has 3 aromatic carbocycles. The number of sulfonamides is 1. The van der Waals surface area contributed by atoms with Crippen LogP contribution in [0.5, 0.6) is 23.0 Å². The van der Waals surface area contributed by atoms with Gasteiger partial charge in [0.1, 0.15) is 5.75 Å². The summed E-state index contributed by atoms with van der Waals surface area (Å²) >= 11 is 0. The van der Waals surface area contributed by atoms with E-state index in [1.54, 1.807) is 6.07 Å². The lowest BCUT2D eigenvalue weighted by Gasteiger charge is -2.19. The fourth-order valence-electron chi connectivity index (χ4n) is 3.43. The number of hydrogen-bond donors (Lipinski definition) is 2. The van der Waals surface area contributed by atoms with Crippen molar-refractivity contribution in [2.24, 2.45) is 0 Å². The largest absolute Gasteiger partial charge is 0.497 e. The molecule has 35 heavy (non-hydrogen) atoms. The van der Waals surface area contributed by atoms with Crippen molar-refractivity contribution >= 4 is 15.9 Å². The summed E-state index contributed by atoms with van der Waals surface area (Å²) in [5, 5.41) is 10.3. The third-order valence-electron chi connectivity index (χ3n) is 5.11. The van der Waals surface area contributed by atoms with Crippen LogP contribution in [0.4, 0.5) is 0 Å². The maximum absolute atomic E-state index is 13.2. The summed E-state index contributed by atoms with van der Waals surface area (Å²) in [7, 11) is 1.23. The first-order valence-corrected chi connectivity index (χ1v) is 11.8. The number of nitrogens with zero attached hydrogens (tertiary/aromatic N) is 1. The number of ether oxygens (including phenoxy) is 4. The number of nitrogens with one attached hydrogen (secondary N) is 1. The molecule has 10 nitrogen and oxygen atoms in total. The lowest BCUT2D eigenvalue weighted by molar-refractivity contribution is -0.0761. The van der Waals surface area contributed by atoms with E-state index in [1.807, 2.05) is 35.2 Å². The number of hydrogen-bond acceptors (Lipinski definition) is 8. The standard InChI is InChI=1S/C24H26N2O8S/c1-31-19-10-11-22(17(13-19)12-16-8-6-5-7-9-16)35(29,30)25-26(28)24(27)18-14-20(32-2)23(34-4)21(15-18)33-3/h5-11,13-15,25,28H,12H2,1-4H3. The van der Waals surface area contributed by atoms with E-state index in [0.29, 0.717) is 11.3 Å². The second-order valence-corrected chi connectivity index (χ2v) is 8.89. The summed E-state index contributed by atoms with van der Waals surface area (Å²) in [5.41, 5.74) is 1.17. The van der Waals surface area contributed by atoms with E-state index in [9.17, 15) is 18.4 Å². The van der Waals surface area contributed by atoms with Gasteiger partial charge in [0.15, 0.2) is 11.5 Å². The van der Waals surface area contributed by atoms with E-state index in [1.165, 1.54) is 52.7 Å². The number of carbonyl (C=O) groups is 1. The maximum atomic E-state index is 13.2. The van der Waals surface area contributed by atoms with Crippen LogP contribution in [0.1, 0.15) is 21.5 Å². The predicted octanol–water partition coefficient (Wildman–Crippen LogP) is 3.04. The molecule has 3 rings (SSSR count). The highest BCUT2D eigenvalue weighted by molar-refractivity contribution is 7.89. The van der Waals surface area contributed by atoms with E-state index in [2.05, 4.69) is 0 Å². The molecule has 11 heteroatoms. The molecule has 0 atom stereocenters. The van der Waals surface area contributed by atoms with Crippen molar-refractivity contribution in [1.82, 2.24) is 10.0 Å². The molecular weight excluding hydrogens is 476 g/mol. The highest BCUT2D eigenvalue weighted by Gasteiger charge is 2.27. The number of carbonyl (C=O) groups excluding carboxylic acids is 1. The summed E-state index contributed by atoms with van der Waals surface area (Å²) in [6.45, 7) is 0.